The average molecular weight is 206 g/mol. The Balaban J connectivity index is 2.52. The number of nitrogens with zero attached hydrogens (tertiary/aromatic N) is 1. The van der Waals surface area contributed by atoms with Gasteiger partial charge in [0.1, 0.15) is 0 Å². The minimum Gasteiger partial charge on any atom is -0.306 e. The second-order valence-corrected chi connectivity index (χ2v) is 4.32. The molecule has 0 fully saturated rings. The first-order chi connectivity index (χ1) is 7.15. The van der Waals surface area contributed by atoms with Crippen molar-refractivity contribution in [3.8, 4) is 0 Å². The molecule has 3 atom stereocenters. The van der Waals surface area contributed by atoms with Crippen molar-refractivity contribution in [2.45, 2.75) is 46.2 Å². The fraction of sp³-hybridized carbons (Fsp3) is 0.615. The van der Waals surface area contributed by atoms with Crippen molar-refractivity contribution < 1.29 is 0 Å². The molecule has 1 aromatic rings. The highest BCUT2D eigenvalue weighted by Crippen LogP contribution is 2.13. The summed E-state index contributed by atoms with van der Waals surface area (Å²) in [6, 6.07) is 6.92. The Morgan fingerprint density at radius 2 is 2.00 bits per heavy atom. The highest BCUT2D eigenvalue weighted by Gasteiger charge is 2.14. The SMILES string of the molecule is CCC(C)C(C)N[C@H](C)c1ccccn1. The predicted molar refractivity (Wildman–Crippen MR) is 64.7 cm³/mol. The molecule has 0 saturated heterocycles. The third kappa shape index (κ3) is 3.63. The van der Waals surface area contributed by atoms with Crippen molar-refractivity contribution in [1.82, 2.24) is 10.3 Å². The van der Waals surface area contributed by atoms with E-state index in [2.05, 4.69) is 44.1 Å². The smallest absolute Gasteiger partial charge is 0.0570 e. The van der Waals surface area contributed by atoms with Crippen LogP contribution in [0.2, 0.25) is 0 Å². The van der Waals surface area contributed by atoms with Crippen LogP contribution in [0, 0.1) is 5.92 Å². The summed E-state index contributed by atoms with van der Waals surface area (Å²) in [7, 11) is 0. The summed E-state index contributed by atoms with van der Waals surface area (Å²) in [4.78, 5) is 4.35. The number of nitrogens with one attached hydrogen (secondary N) is 1. The summed E-state index contributed by atoms with van der Waals surface area (Å²) in [5, 5.41) is 3.58. The Bertz CT molecular complexity index is 271. The van der Waals surface area contributed by atoms with Crippen LogP contribution < -0.4 is 5.32 Å². The van der Waals surface area contributed by atoms with Crippen molar-refractivity contribution in [2.24, 2.45) is 5.92 Å². The van der Waals surface area contributed by atoms with Crippen LogP contribution in [0.3, 0.4) is 0 Å². The summed E-state index contributed by atoms with van der Waals surface area (Å²) in [6.45, 7) is 8.92. The number of hydrogen-bond acceptors (Lipinski definition) is 2. The lowest BCUT2D eigenvalue weighted by molar-refractivity contribution is 0.357. The van der Waals surface area contributed by atoms with Crippen LogP contribution in [0.5, 0.6) is 0 Å². The Labute approximate surface area is 93.1 Å². The fourth-order valence-corrected chi connectivity index (χ4v) is 1.63. The van der Waals surface area contributed by atoms with Crippen LogP contribution in [0.15, 0.2) is 24.4 Å². The maximum Gasteiger partial charge on any atom is 0.0570 e. The van der Waals surface area contributed by atoms with Gasteiger partial charge in [0.05, 0.1) is 5.69 Å². The Kier molecular flexibility index (Phi) is 4.76. The molecule has 2 heteroatoms. The van der Waals surface area contributed by atoms with Gasteiger partial charge in [-0.1, -0.05) is 26.3 Å². The second kappa shape index (κ2) is 5.86. The third-order valence-electron chi connectivity index (χ3n) is 3.14. The molecule has 0 spiro atoms. The largest absolute Gasteiger partial charge is 0.306 e. The molecule has 0 aromatic carbocycles. The van der Waals surface area contributed by atoms with Gasteiger partial charge in [-0.25, -0.2) is 0 Å². The maximum absolute atomic E-state index is 4.35. The zero-order valence-corrected chi connectivity index (χ0v) is 10.2. The number of aromatic nitrogens is 1. The van der Waals surface area contributed by atoms with Gasteiger partial charge in [-0.3, -0.25) is 4.98 Å². The molecular weight excluding hydrogens is 184 g/mol. The summed E-state index contributed by atoms with van der Waals surface area (Å²) in [6.07, 6.45) is 3.06. The monoisotopic (exact) mass is 206 g/mol. The molecule has 15 heavy (non-hydrogen) atoms. The van der Waals surface area contributed by atoms with E-state index in [-0.39, 0.29) is 0 Å². The summed E-state index contributed by atoms with van der Waals surface area (Å²) < 4.78 is 0. The van der Waals surface area contributed by atoms with Crippen LogP contribution in [0.25, 0.3) is 0 Å². The van der Waals surface area contributed by atoms with Crippen LogP contribution >= 0.6 is 0 Å². The molecule has 2 unspecified atom stereocenters. The summed E-state index contributed by atoms with van der Waals surface area (Å²) in [5.74, 6) is 0.705. The molecule has 0 aliphatic rings. The van der Waals surface area contributed by atoms with Crippen molar-refractivity contribution in [3.05, 3.63) is 30.1 Å². The minimum absolute atomic E-state index is 0.329. The van der Waals surface area contributed by atoms with Gasteiger partial charge >= 0.3 is 0 Å². The van der Waals surface area contributed by atoms with Gasteiger partial charge in [0, 0.05) is 18.3 Å². The van der Waals surface area contributed by atoms with E-state index in [9.17, 15) is 0 Å². The van der Waals surface area contributed by atoms with E-state index in [1.165, 1.54) is 6.42 Å². The number of pyridine rings is 1. The van der Waals surface area contributed by atoms with Crippen LogP contribution in [-0.2, 0) is 0 Å². The van der Waals surface area contributed by atoms with E-state index < -0.39 is 0 Å². The van der Waals surface area contributed by atoms with E-state index in [0.29, 0.717) is 18.0 Å². The zero-order chi connectivity index (χ0) is 11.3. The van der Waals surface area contributed by atoms with Crippen LogP contribution in [-0.4, -0.2) is 11.0 Å². The first-order valence-corrected chi connectivity index (χ1v) is 5.82. The molecule has 0 radical (unpaired) electrons. The number of rotatable bonds is 5. The molecule has 2 nitrogen and oxygen atoms in total. The topological polar surface area (TPSA) is 24.9 Å². The van der Waals surface area contributed by atoms with Crippen LogP contribution in [0.1, 0.15) is 45.9 Å². The Morgan fingerprint density at radius 1 is 1.27 bits per heavy atom. The lowest BCUT2D eigenvalue weighted by Crippen LogP contribution is -2.34. The average Bonchev–Trinajstić information content (AvgIpc) is 2.29. The highest BCUT2D eigenvalue weighted by atomic mass is 15.0. The van der Waals surface area contributed by atoms with Gasteiger partial charge in [-0.15, -0.1) is 0 Å². The quantitative estimate of drug-likeness (QED) is 0.800. The van der Waals surface area contributed by atoms with E-state index in [1.54, 1.807) is 0 Å². The standard InChI is InChI=1S/C13H22N2/c1-5-10(2)11(3)15-12(4)13-8-6-7-9-14-13/h6-12,15H,5H2,1-4H3/t10?,11?,12-/m1/s1. The molecule has 1 N–H and O–H groups in total. The first kappa shape index (κ1) is 12.2. The molecule has 0 amide bonds. The molecular formula is C13H22N2. The lowest BCUT2D eigenvalue weighted by atomic mass is 10.00. The van der Waals surface area contributed by atoms with Gasteiger partial charge in [0.25, 0.3) is 0 Å². The summed E-state index contributed by atoms with van der Waals surface area (Å²) in [5.41, 5.74) is 1.12. The summed E-state index contributed by atoms with van der Waals surface area (Å²) >= 11 is 0. The van der Waals surface area contributed by atoms with E-state index in [4.69, 9.17) is 0 Å². The van der Waals surface area contributed by atoms with Crippen LogP contribution in [0.4, 0.5) is 0 Å². The van der Waals surface area contributed by atoms with Gasteiger partial charge < -0.3 is 5.32 Å². The molecule has 0 aliphatic carbocycles. The molecule has 0 aliphatic heterocycles. The Morgan fingerprint density at radius 3 is 2.53 bits per heavy atom. The van der Waals surface area contributed by atoms with Gasteiger partial charge in [0.2, 0.25) is 0 Å². The first-order valence-electron chi connectivity index (χ1n) is 5.82. The van der Waals surface area contributed by atoms with E-state index in [0.717, 1.165) is 5.69 Å². The highest BCUT2D eigenvalue weighted by molar-refractivity contribution is 5.07. The molecule has 1 rings (SSSR count). The number of hydrogen-bond donors (Lipinski definition) is 1. The van der Waals surface area contributed by atoms with Crippen molar-refractivity contribution in [1.29, 1.82) is 0 Å². The van der Waals surface area contributed by atoms with Gasteiger partial charge in [-0.2, -0.15) is 0 Å². The Hall–Kier alpha value is -0.890. The molecule has 84 valence electrons. The minimum atomic E-state index is 0.329. The molecule has 1 heterocycles. The van der Waals surface area contributed by atoms with Crippen molar-refractivity contribution in [3.63, 3.8) is 0 Å². The van der Waals surface area contributed by atoms with E-state index >= 15 is 0 Å². The predicted octanol–water partition coefficient (Wildman–Crippen LogP) is 3.17. The van der Waals surface area contributed by atoms with Crippen molar-refractivity contribution >= 4 is 0 Å². The zero-order valence-electron chi connectivity index (χ0n) is 10.2. The second-order valence-electron chi connectivity index (χ2n) is 4.32. The lowest BCUT2D eigenvalue weighted by Gasteiger charge is -2.24. The van der Waals surface area contributed by atoms with E-state index in [1.807, 2.05) is 18.3 Å². The third-order valence-corrected chi connectivity index (χ3v) is 3.14. The maximum atomic E-state index is 4.35. The fourth-order valence-electron chi connectivity index (χ4n) is 1.63. The molecule has 1 aromatic heterocycles. The molecule has 0 bridgehead atoms. The van der Waals surface area contributed by atoms with Gasteiger partial charge in [-0.05, 0) is 31.9 Å². The normalized spacial score (nSPS) is 17.1. The van der Waals surface area contributed by atoms with Crippen molar-refractivity contribution in [2.75, 3.05) is 0 Å². The molecule has 0 saturated carbocycles. The van der Waals surface area contributed by atoms with Gasteiger partial charge in [0.15, 0.2) is 0 Å².